The Hall–Kier alpha value is -3.00. The highest BCUT2D eigenvalue weighted by Crippen LogP contribution is 2.28. The van der Waals surface area contributed by atoms with Crippen molar-refractivity contribution in [2.24, 2.45) is 7.05 Å². The molecular weight excluding hydrogens is 378 g/mol. The maximum absolute atomic E-state index is 12.4. The van der Waals surface area contributed by atoms with Gasteiger partial charge in [0.2, 0.25) is 5.91 Å². The van der Waals surface area contributed by atoms with Crippen LogP contribution in [0, 0.1) is 0 Å². The predicted octanol–water partition coefficient (Wildman–Crippen LogP) is 2.65. The Morgan fingerprint density at radius 2 is 1.89 bits per heavy atom. The van der Waals surface area contributed by atoms with Crippen molar-refractivity contribution in [3.8, 4) is 11.5 Å². The molecule has 0 bridgehead atoms. The molecule has 7 nitrogen and oxygen atoms in total. The standard InChI is InChI=1S/C20H23N3O4S/c1-22(12-13-5-6-16(26-3)17(9-13)27-4)19(24)11-21-20(25)15-10-18-14(23(15)2)7-8-28-18/h5-10H,11-12H2,1-4H3,(H,21,25). The lowest BCUT2D eigenvalue weighted by atomic mass is 10.2. The summed E-state index contributed by atoms with van der Waals surface area (Å²) < 4.78 is 13.4. The molecule has 0 fully saturated rings. The average Bonchev–Trinajstić information content (AvgIpc) is 3.28. The molecule has 0 unspecified atom stereocenters. The van der Waals surface area contributed by atoms with Crippen LogP contribution in [0.25, 0.3) is 10.2 Å². The van der Waals surface area contributed by atoms with Gasteiger partial charge in [0.1, 0.15) is 5.69 Å². The summed E-state index contributed by atoms with van der Waals surface area (Å²) in [5, 5.41) is 4.69. The largest absolute Gasteiger partial charge is 0.493 e. The quantitative estimate of drug-likeness (QED) is 0.661. The molecule has 2 aromatic heterocycles. The van der Waals surface area contributed by atoms with Gasteiger partial charge in [-0.05, 0) is 35.2 Å². The van der Waals surface area contributed by atoms with Crippen LogP contribution in [0.1, 0.15) is 16.1 Å². The van der Waals surface area contributed by atoms with Gasteiger partial charge in [0.05, 0.1) is 31.0 Å². The third kappa shape index (κ3) is 3.96. The molecule has 0 aliphatic rings. The van der Waals surface area contributed by atoms with Gasteiger partial charge in [0, 0.05) is 20.6 Å². The zero-order valence-electron chi connectivity index (χ0n) is 16.3. The third-order valence-corrected chi connectivity index (χ3v) is 5.44. The SMILES string of the molecule is COc1ccc(CN(C)C(=O)CNC(=O)c2cc3sccc3n2C)cc1OC. The molecule has 148 valence electrons. The van der Waals surface area contributed by atoms with Crippen LogP contribution in [-0.4, -0.2) is 49.1 Å². The van der Waals surface area contributed by atoms with E-state index < -0.39 is 0 Å². The number of ether oxygens (including phenoxy) is 2. The van der Waals surface area contributed by atoms with E-state index in [-0.39, 0.29) is 18.4 Å². The molecule has 0 saturated heterocycles. The highest BCUT2D eigenvalue weighted by molar-refractivity contribution is 7.17. The fourth-order valence-electron chi connectivity index (χ4n) is 2.99. The fraction of sp³-hybridized carbons (Fsp3) is 0.300. The van der Waals surface area contributed by atoms with Crippen LogP contribution in [0.5, 0.6) is 11.5 Å². The van der Waals surface area contributed by atoms with Crippen molar-refractivity contribution in [1.29, 1.82) is 0 Å². The number of nitrogens with zero attached hydrogens (tertiary/aromatic N) is 2. The van der Waals surface area contributed by atoms with Crippen LogP contribution in [0.15, 0.2) is 35.7 Å². The minimum atomic E-state index is -0.265. The van der Waals surface area contributed by atoms with E-state index in [1.807, 2.05) is 41.3 Å². The van der Waals surface area contributed by atoms with Gasteiger partial charge in [-0.15, -0.1) is 11.3 Å². The number of carbonyl (C=O) groups is 2. The Bertz CT molecular complexity index is 1010. The summed E-state index contributed by atoms with van der Waals surface area (Å²) in [6.45, 7) is 0.330. The summed E-state index contributed by atoms with van der Waals surface area (Å²) in [6, 6.07) is 9.32. The molecule has 0 saturated carbocycles. The second-order valence-electron chi connectivity index (χ2n) is 6.38. The molecule has 0 atom stereocenters. The number of fused-ring (bicyclic) bond motifs is 1. The molecule has 0 radical (unpaired) electrons. The van der Waals surface area contributed by atoms with E-state index in [4.69, 9.17) is 9.47 Å². The molecule has 2 heterocycles. The first-order valence-corrected chi connectivity index (χ1v) is 9.58. The Labute approximate surface area is 167 Å². The number of benzene rings is 1. The highest BCUT2D eigenvalue weighted by Gasteiger charge is 2.17. The normalized spacial score (nSPS) is 10.7. The van der Waals surface area contributed by atoms with Crippen molar-refractivity contribution in [2.45, 2.75) is 6.54 Å². The lowest BCUT2D eigenvalue weighted by molar-refractivity contribution is -0.129. The number of methoxy groups -OCH3 is 2. The summed E-state index contributed by atoms with van der Waals surface area (Å²) in [7, 11) is 6.69. The zero-order chi connectivity index (χ0) is 20.3. The number of thiophene rings is 1. The number of aryl methyl sites for hydroxylation is 1. The Kier molecular flexibility index (Phi) is 5.89. The predicted molar refractivity (Wildman–Crippen MR) is 109 cm³/mol. The highest BCUT2D eigenvalue weighted by atomic mass is 32.1. The number of rotatable bonds is 7. The molecule has 3 aromatic rings. The second kappa shape index (κ2) is 8.35. The van der Waals surface area contributed by atoms with Gasteiger partial charge in [-0.1, -0.05) is 6.07 Å². The van der Waals surface area contributed by atoms with Crippen LogP contribution < -0.4 is 14.8 Å². The molecule has 0 aliphatic heterocycles. The summed E-state index contributed by atoms with van der Waals surface area (Å²) in [6.07, 6.45) is 0. The number of aromatic nitrogens is 1. The summed E-state index contributed by atoms with van der Waals surface area (Å²) in [5.74, 6) is 0.797. The number of hydrogen-bond donors (Lipinski definition) is 1. The third-order valence-electron chi connectivity index (χ3n) is 4.59. The topological polar surface area (TPSA) is 72.8 Å². The first kappa shape index (κ1) is 19.8. The van der Waals surface area contributed by atoms with E-state index in [1.54, 1.807) is 43.6 Å². The van der Waals surface area contributed by atoms with Crippen LogP contribution >= 0.6 is 11.3 Å². The Morgan fingerprint density at radius 1 is 1.14 bits per heavy atom. The van der Waals surface area contributed by atoms with Crippen molar-refractivity contribution >= 4 is 33.4 Å². The minimum Gasteiger partial charge on any atom is -0.493 e. The van der Waals surface area contributed by atoms with Crippen molar-refractivity contribution in [1.82, 2.24) is 14.8 Å². The van der Waals surface area contributed by atoms with Gasteiger partial charge in [0.15, 0.2) is 11.5 Å². The van der Waals surface area contributed by atoms with Crippen LogP contribution in [0.2, 0.25) is 0 Å². The Balaban J connectivity index is 1.59. The average molecular weight is 401 g/mol. The molecule has 8 heteroatoms. The van der Waals surface area contributed by atoms with Gasteiger partial charge >= 0.3 is 0 Å². The van der Waals surface area contributed by atoms with Gasteiger partial charge in [0.25, 0.3) is 5.91 Å². The maximum Gasteiger partial charge on any atom is 0.268 e. The molecule has 1 aromatic carbocycles. The maximum atomic E-state index is 12.4. The van der Waals surface area contributed by atoms with Gasteiger partial charge in [-0.2, -0.15) is 0 Å². The smallest absolute Gasteiger partial charge is 0.268 e. The van der Waals surface area contributed by atoms with Gasteiger partial charge < -0.3 is 24.3 Å². The fourth-order valence-corrected chi connectivity index (χ4v) is 3.84. The molecule has 2 amide bonds. The molecule has 0 aliphatic carbocycles. The first-order valence-electron chi connectivity index (χ1n) is 8.70. The lowest BCUT2D eigenvalue weighted by Gasteiger charge is -2.18. The van der Waals surface area contributed by atoms with Crippen LogP contribution in [-0.2, 0) is 18.4 Å². The lowest BCUT2D eigenvalue weighted by Crippen LogP contribution is -2.38. The van der Waals surface area contributed by atoms with E-state index in [0.717, 1.165) is 15.8 Å². The number of amides is 2. The zero-order valence-corrected chi connectivity index (χ0v) is 17.1. The van der Waals surface area contributed by atoms with Crippen molar-refractivity contribution in [2.75, 3.05) is 27.8 Å². The molecule has 28 heavy (non-hydrogen) atoms. The number of carbonyl (C=O) groups excluding carboxylic acids is 2. The van der Waals surface area contributed by atoms with Gasteiger partial charge in [-0.25, -0.2) is 0 Å². The minimum absolute atomic E-state index is 0.0680. The number of likely N-dealkylation sites (N-methyl/N-ethyl adjacent to an activating group) is 1. The van der Waals surface area contributed by atoms with E-state index in [0.29, 0.717) is 23.7 Å². The summed E-state index contributed by atoms with van der Waals surface area (Å²) in [5.41, 5.74) is 2.45. The van der Waals surface area contributed by atoms with E-state index in [1.165, 1.54) is 0 Å². The van der Waals surface area contributed by atoms with Crippen LogP contribution in [0.3, 0.4) is 0 Å². The molecular formula is C20H23N3O4S. The van der Waals surface area contributed by atoms with Gasteiger partial charge in [-0.3, -0.25) is 9.59 Å². The molecule has 3 rings (SSSR count). The summed E-state index contributed by atoms with van der Waals surface area (Å²) in [4.78, 5) is 26.4. The molecule has 0 spiro atoms. The van der Waals surface area contributed by atoms with Crippen molar-refractivity contribution in [3.05, 3.63) is 47.0 Å². The first-order chi connectivity index (χ1) is 13.4. The van der Waals surface area contributed by atoms with E-state index in [9.17, 15) is 9.59 Å². The number of nitrogens with one attached hydrogen (secondary N) is 1. The Morgan fingerprint density at radius 3 is 2.57 bits per heavy atom. The van der Waals surface area contributed by atoms with E-state index in [2.05, 4.69) is 5.32 Å². The monoisotopic (exact) mass is 401 g/mol. The van der Waals surface area contributed by atoms with Crippen molar-refractivity contribution in [3.63, 3.8) is 0 Å². The van der Waals surface area contributed by atoms with Crippen molar-refractivity contribution < 1.29 is 19.1 Å². The summed E-state index contributed by atoms with van der Waals surface area (Å²) >= 11 is 1.58. The second-order valence-corrected chi connectivity index (χ2v) is 7.33. The van der Waals surface area contributed by atoms with E-state index >= 15 is 0 Å². The molecule has 1 N–H and O–H groups in total. The van der Waals surface area contributed by atoms with Crippen LogP contribution in [0.4, 0.5) is 0 Å². The number of hydrogen-bond acceptors (Lipinski definition) is 5.